The maximum absolute atomic E-state index is 11.5. The highest BCUT2D eigenvalue weighted by Gasteiger charge is 2.30. The summed E-state index contributed by atoms with van der Waals surface area (Å²) in [6.45, 7) is 3.31. The van der Waals surface area contributed by atoms with Gasteiger partial charge in [0.15, 0.2) is 6.10 Å². The van der Waals surface area contributed by atoms with Gasteiger partial charge in [-0.25, -0.2) is 0 Å². The molecular formula is C16H22N2O2. The van der Waals surface area contributed by atoms with Crippen molar-refractivity contribution < 1.29 is 9.90 Å². The summed E-state index contributed by atoms with van der Waals surface area (Å²) in [6.07, 6.45) is 5.19. The highest BCUT2D eigenvalue weighted by atomic mass is 16.3. The zero-order valence-electron chi connectivity index (χ0n) is 11.9. The minimum Gasteiger partial charge on any atom is -0.378 e. The lowest BCUT2D eigenvalue weighted by Gasteiger charge is -2.38. The van der Waals surface area contributed by atoms with Gasteiger partial charge in [-0.3, -0.25) is 4.79 Å². The fourth-order valence-electron chi connectivity index (χ4n) is 3.39. The van der Waals surface area contributed by atoms with Gasteiger partial charge in [0.1, 0.15) is 0 Å². The second-order valence-electron chi connectivity index (χ2n) is 5.80. The van der Waals surface area contributed by atoms with Gasteiger partial charge in [0.2, 0.25) is 0 Å². The van der Waals surface area contributed by atoms with Crippen LogP contribution in [0.2, 0.25) is 0 Å². The Morgan fingerprint density at radius 2 is 2.25 bits per heavy atom. The van der Waals surface area contributed by atoms with Crippen molar-refractivity contribution >= 4 is 17.3 Å². The summed E-state index contributed by atoms with van der Waals surface area (Å²) in [5, 5.41) is 12.5. The summed E-state index contributed by atoms with van der Waals surface area (Å²) < 4.78 is 0. The van der Waals surface area contributed by atoms with Crippen molar-refractivity contribution in [3.63, 3.8) is 0 Å². The van der Waals surface area contributed by atoms with Gasteiger partial charge >= 0.3 is 0 Å². The molecule has 2 heterocycles. The average Bonchev–Trinajstić information content (AvgIpc) is 2.74. The Morgan fingerprint density at radius 3 is 3.05 bits per heavy atom. The van der Waals surface area contributed by atoms with Gasteiger partial charge in [-0.05, 0) is 37.8 Å². The minimum atomic E-state index is -1.01. The van der Waals surface area contributed by atoms with Crippen molar-refractivity contribution in [2.45, 2.75) is 51.2 Å². The number of hydrogen-bond donors (Lipinski definition) is 2. The van der Waals surface area contributed by atoms with Crippen LogP contribution in [-0.4, -0.2) is 23.6 Å². The lowest BCUT2D eigenvalue weighted by Crippen LogP contribution is -2.39. The van der Waals surface area contributed by atoms with Crippen molar-refractivity contribution in [2.75, 3.05) is 16.8 Å². The fraction of sp³-hybridized carbons (Fsp3) is 0.562. The molecule has 2 aliphatic rings. The lowest BCUT2D eigenvalue weighted by molar-refractivity contribution is -0.123. The number of anilines is 2. The zero-order chi connectivity index (χ0) is 14.1. The number of rotatable bonds is 3. The van der Waals surface area contributed by atoms with Crippen molar-refractivity contribution in [1.82, 2.24) is 0 Å². The Morgan fingerprint density at radius 1 is 1.40 bits per heavy atom. The molecule has 1 amide bonds. The molecular weight excluding hydrogens is 252 g/mol. The fourth-order valence-corrected chi connectivity index (χ4v) is 3.39. The van der Waals surface area contributed by atoms with E-state index in [4.69, 9.17) is 0 Å². The lowest BCUT2D eigenvalue weighted by atomic mass is 9.97. The molecule has 4 nitrogen and oxygen atoms in total. The Labute approximate surface area is 119 Å². The molecule has 2 N–H and O–H groups in total. The SMILES string of the molecule is CCCC1CCCCN1c1ccc2c(c1)NC(=O)C2O. The van der Waals surface area contributed by atoms with Crippen LogP contribution in [0.4, 0.5) is 11.4 Å². The van der Waals surface area contributed by atoms with E-state index >= 15 is 0 Å². The van der Waals surface area contributed by atoms with Crippen molar-refractivity contribution in [3.8, 4) is 0 Å². The van der Waals surface area contributed by atoms with E-state index in [1.54, 1.807) is 0 Å². The third kappa shape index (κ3) is 2.29. The van der Waals surface area contributed by atoms with Crippen molar-refractivity contribution in [1.29, 1.82) is 0 Å². The molecule has 3 rings (SSSR count). The van der Waals surface area contributed by atoms with Gasteiger partial charge in [0, 0.05) is 29.5 Å². The van der Waals surface area contributed by atoms with E-state index < -0.39 is 6.10 Å². The predicted molar refractivity (Wildman–Crippen MR) is 79.9 cm³/mol. The first-order valence-electron chi connectivity index (χ1n) is 7.60. The van der Waals surface area contributed by atoms with Gasteiger partial charge in [-0.15, -0.1) is 0 Å². The van der Waals surface area contributed by atoms with Crippen LogP contribution in [0.3, 0.4) is 0 Å². The molecule has 0 aromatic heterocycles. The molecule has 0 bridgehead atoms. The van der Waals surface area contributed by atoms with Crippen LogP contribution in [0.25, 0.3) is 0 Å². The normalized spacial score (nSPS) is 25.5. The molecule has 2 aliphatic heterocycles. The second-order valence-corrected chi connectivity index (χ2v) is 5.80. The van der Waals surface area contributed by atoms with Crippen LogP contribution in [0, 0.1) is 0 Å². The Balaban J connectivity index is 1.87. The first-order chi connectivity index (χ1) is 9.70. The molecule has 4 heteroatoms. The molecule has 1 aromatic rings. The number of aliphatic hydroxyl groups is 1. The van der Waals surface area contributed by atoms with Crippen LogP contribution < -0.4 is 10.2 Å². The number of nitrogens with one attached hydrogen (secondary N) is 1. The van der Waals surface area contributed by atoms with Gasteiger partial charge in [0.25, 0.3) is 5.91 Å². The predicted octanol–water partition coefficient (Wildman–Crippen LogP) is 2.83. The summed E-state index contributed by atoms with van der Waals surface area (Å²) >= 11 is 0. The molecule has 1 saturated heterocycles. The van der Waals surface area contributed by atoms with Gasteiger partial charge in [0.05, 0.1) is 0 Å². The Kier molecular flexibility index (Phi) is 3.66. The number of fused-ring (bicyclic) bond motifs is 1. The number of benzene rings is 1. The summed E-state index contributed by atoms with van der Waals surface area (Å²) in [4.78, 5) is 14.0. The third-order valence-electron chi connectivity index (χ3n) is 4.42. The van der Waals surface area contributed by atoms with E-state index in [0.29, 0.717) is 11.6 Å². The number of hydrogen-bond acceptors (Lipinski definition) is 3. The van der Waals surface area contributed by atoms with Crippen LogP contribution in [-0.2, 0) is 4.79 Å². The zero-order valence-corrected chi connectivity index (χ0v) is 11.9. The van der Waals surface area contributed by atoms with Gasteiger partial charge in [-0.1, -0.05) is 19.4 Å². The van der Waals surface area contributed by atoms with E-state index in [0.717, 1.165) is 17.9 Å². The van der Waals surface area contributed by atoms with Crippen LogP contribution in [0.1, 0.15) is 50.7 Å². The summed E-state index contributed by atoms with van der Waals surface area (Å²) in [6, 6.07) is 6.53. The van der Waals surface area contributed by atoms with E-state index in [1.165, 1.54) is 32.1 Å². The maximum Gasteiger partial charge on any atom is 0.257 e. The molecule has 1 aromatic carbocycles. The molecule has 2 atom stereocenters. The summed E-state index contributed by atoms with van der Waals surface area (Å²) in [5.74, 6) is -0.319. The van der Waals surface area contributed by atoms with Crippen molar-refractivity contribution in [3.05, 3.63) is 23.8 Å². The molecule has 0 saturated carbocycles. The number of carbonyl (C=O) groups excluding carboxylic acids is 1. The largest absolute Gasteiger partial charge is 0.378 e. The monoisotopic (exact) mass is 274 g/mol. The highest BCUT2D eigenvalue weighted by molar-refractivity contribution is 6.02. The Hall–Kier alpha value is -1.55. The number of amides is 1. The molecule has 0 radical (unpaired) electrons. The van der Waals surface area contributed by atoms with E-state index in [-0.39, 0.29) is 5.91 Å². The van der Waals surface area contributed by atoms with Crippen LogP contribution >= 0.6 is 0 Å². The van der Waals surface area contributed by atoms with E-state index in [1.807, 2.05) is 18.2 Å². The quantitative estimate of drug-likeness (QED) is 0.891. The number of piperidine rings is 1. The molecule has 0 aliphatic carbocycles. The van der Waals surface area contributed by atoms with Crippen LogP contribution in [0.15, 0.2) is 18.2 Å². The van der Waals surface area contributed by atoms with E-state index in [9.17, 15) is 9.90 Å². The second kappa shape index (κ2) is 5.44. The number of carbonyl (C=O) groups is 1. The number of nitrogens with zero attached hydrogens (tertiary/aromatic N) is 1. The average molecular weight is 274 g/mol. The molecule has 2 unspecified atom stereocenters. The summed E-state index contributed by atoms with van der Waals surface area (Å²) in [7, 11) is 0. The molecule has 108 valence electrons. The minimum absolute atomic E-state index is 0.319. The topological polar surface area (TPSA) is 52.6 Å². The molecule has 0 spiro atoms. The third-order valence-corrected chi connectivity index (χ3v) is 4.42. The van der Waals surface area contributed by atoms with Crippen molar-refractivity contribution in [2.24, 2.45) is 0 Å². The van der Waals surface area contributed by atoms with Gasteiger partial charge in [-0.2, -0.15) is 0 Å². The first-order valence-corrected chi connectivity index (χ1v) is 7.60. The standard InChI is InChI=1S/C16H22N2O2/c1-2-5-11-6-3-4-9-18(11)12-7-8-13-14(10-12)17-16(20)15(13)19/h7-8,10-11,15,19H,2-6,9H2,1H3,(H,17,20). The van der Waals surface area contributed by atoms with E-state index in [2.05, 4.69) is 17.1 Å². The van der Waals surface area contributed by atoms with Crippen LogP contribution in [0.5, 0.6) is 0 Å². The number of aliphatic hydroxyl groups excluding tert-OH is 1. The molecule has 1 fully saturated rings. The maximum atomic E-state index is 11.5. The Bertz CT molecular complexity index is 513. The molecule has 20 heavy (non-hydrogen) atoms. The first kappa shape index (κ1) is 13.4. The smallest absolute Gasteiger partial charge is 0.257 e. The highest BCUT2D eigenvalue weighted by Crippen LogP contribution is 2.36. The summed E-state index contributed by atoms with van der Waals surface area (Å²) in [5.41, 5.74) is 2.62. The van der Waals surface area contributed by atoms with Gasteiger partial charge < -0.3 is 15.3 Å².